The second-order valence-corrected chi connectivity index (χ2v) is 8.98. The highest BCUT2D eigenvalue weighted by Crippen LogP contribution is 2.12. The van der Waals surface area contributed by atoms with Crippen molar-refractivity contribution in [1.29, 1.82) is 0 Å². The lowest BCUT2D eigenvalue weighted by atomic mass is 9.97. The summed E-state index contributed by atoms with van der Waals surface area (Å²) in [6.45, 7) is 3.38. The van der Waals surface area contributed by atoms with Crippen molar-refractivity contribution in [2.45, 2.75) is 70.1 Å². The molecule has 38 heavy (non-hydrogen) atoms. The lowest BCUT2D eigenvalue weighted by Crippen LogP contribution is -2.59. The standard InChI is InChI=1S/C24H36N6O8/c1-3-12(2)20(23(36)28-16(24(37)38)8-9-18(26)32)30-22(35)17(11-19(27)33)29-21(34)15(25)10-13-4-6-14(31)7-5-13/h4-7,12,15-17,20,31H,3,8-11,25H2,1-2H3,(H2,26,32)(H2,27,33)(H,28,36)(H,29,34)(H,30,35)(H,37,38). The average Bonchev–Trinajstić information content (AvgIpc) is 2.84. The number of hydrogen-bond acceptors (Lipinski definition) is 8. The van der Waals surface area contributed by atoms with Gasteiger partial charge in [-0.25, -0.2) is 4.79 Å². The molecule has 0 aliphatic heterocycles. The number of carboxylic acid groups (broad SMARTS) is 1. The Hall–Kier alpha value is -4.20. The maximum Gasteiger partial charge on any atom is 0.326 e. The molecule has 1 aromatic carbocycles. The quantitative estimate of drug-likeness (QED) is 0.116. The molecular weight excluding hydrogens is 500 g/mol. The van der Waals surface area contributed by atoms with Crippen molar-refractivity contribution in [2.75, 3.05) is 0 Å². The number of phenolic OH excluding ortho intramolecular Hbond substituents is 1. The third-order valence-electron chi connectivity index (χ3n) is 5.85. The summed E-state index contributed by atoms with van der Waals surface area (Å²) in [5, 5.41) is 25.9. The molecule has 14 nitrogen and oxygen atoms in total. The Labute approximate surface area is 219 Å². The highest BCUT2D eigenvalue weighted by atomic mass is 16.4. The fraction of sp³-hybridized carbons (Fsp3) is 0.500. The first kappa shape index (κ1) is 31.8. The molecule has 0 saturated carbocycles. The molecule has 0 heterocycles. The van der Waals surface area contributed by atoms with E-state index in [0.717, 1.165) is 0 Å². The van der Waals surface area contributed by atoms with Gasteiger partial charge >= 0.3 is 5.97 Å². The Bertz CT molecular complexity index is 1020. The second-order valence-electron chi connectivity index (χ2n) is 8.98. The first-order valence-corrected chi connectivity index (χ1v) is 12.0. The van der Waals surface area contributed by atoms with Crippen LogP contribution in [0.1, 0.15) is 45.1 Å². The first-order chi connectivity index (χ1) is 17.7. The number of phenols is 1. The molecule has 0 saturated heterocycles. The number of carbonyl (C=O) groups is 6. The summed E-state index contributed by atoms with van der Waals surface area (Å²) in [6, 6.07) is 0.739. The van der Waals surface area contributed by atoms with Gasteiger partial charge in [0.05, 0.1) is 12.5 Å². The van der Waals surface area contributed by atoms with Crippen LogP contribution in [0.2, 0.25) is 0 Å². The van der Waals surface area contributed by atoms with Crippen LogP contribution >= 0.6 is 0 Å². The zero-order chi connectivity index (χ0) is 29.0. The first-order valence-electron chi connectivity index (χ1n) is 12.0. The fourth-order valence-corrected chi connectivity index (χ4v) is 3.43. The van der Waals surface area contributed by atoms with Gasteiger partial charge in [0.25, 0.3) is 0 Å². The predicted molar refractivity (Wildman–Crippen MR) is 135 cm³/mol. The third kappa shape index (κ3) is 10.8. The van der Waals surface area contributed by atoms with Crippen LogP contribution in [-0.4, -0.2) is 69.9 Å². The number of carbonyl (C=O) groups excluding carboxylic acids is 5. The van der Waals surface area contributed by atoms with Crippen molar-refractivity contribution in [3.63, 3.8) is 0 Å². The van der Waals surface area contributed by atoms with Crippen LogP contribution in [0.3, 0.4) is 0 Å². The molecule has 5 unspecified atom stereocenters. The molecule has 11 N–H and O–H groups in total. The van der Waals surface area contributed by atoms with Crippen molar-refractivity contribution in [1.82, 2.24) is 16.0 Å². The summed E-state index contributed by atoms with van der Waals surface area (Å²) in [5.41, 5.74) is 16.9. The topological polar surface area (TPSA) is 257 Å². The molecule has 5 atom stereocenters. The fourth-order valence-electron chi connectivity index (χ4n) is 3.43. The predicted octanol–water partition coefficient (Wildman–Crippen LogP) is -2.01. The second kappa shape index (κ2) is 15.1. The highest BCUT2D eigenvalue weighted by molar-refractivity contribution is 5.96. The molecule has 0 radical (unpaired) electrons. The maximum atomic E-state index is 13.0. The van der Waals surface area contributed by atoms with Gasteiger partial charge < -0.3 is 43.4 Å². The van der Waals surface area contributed by atoms with Crippen LogP contribution in [0.4, 0.5) is 0 Å². The molecule has 1 aromatic rings. The smallest absolute Gasteiger partial charge is 0.326 e. The lowest BCUT2D eigenvalue weighted by molar-refractivity contribution is -0.143. The van der Waals surface area contributed by atoms with Gasteiger partial charge in [0.2, 0.25) is 29.5 Å². The van der Waals surface area contributed by atoms with E-state index in [1.165, 1.54) is 12.1 Å². The Morgan fingerprint density at radius 3 is 1.95 bits per heavy atom. The van der Waals surface area contributed by atoms with E-state index in [1.54, 1.807) is 26.0 Å². The van der Waals surface area contributed by atoms with Crippen molar-refractivity contribution in [2.24, 2.45) is 23.1 Å². The number of amides is 5. The zero-order valence-corrected chi connectivity index (χ0v) is 21.3. The highest BCUT2D eigenvalue weighted by Gasteiger charge is 2.33. The molecule has 0 spiro atoms. The molecule has 0 aliphatic carbocycles. The number of nitrogens with one attached hydrogen (secondary N) is 3. The molecule has 1 rings (SSSR count). The van der Waals surface area contributed by atoms with Gasteiger partial charge in [-0.1, -0.05) is 32.4 Å². The normalized spacial score (nSPS) is 14.7. The molecule has 0 bridgehead atoms. The van der Waals surface area contributed by atoms with E-state index in [2.05, 4.69) is 16.0 Å². The molecule has 0 aliphatic rings. The van der Waals surface area contributed by atoms with Gasteiger partial charge in [0, 0.05) is 6.42 Å². The van der Waals surface area contributed by atoms with Crippen molar-refractivity contribution >= 4 is 35.5 Å². The van der Waals surface area contributed by atoms with Gasteiger partial charge in [-0.3, -0.25) is 24.0 Å². The van der Waals surface area contributed by atoms with E-state index in [1.807, 2.05) is 0 Å². The molecule has 5 amide bonds. The number of primary amides is 2. The number of aliphatic carboxylic acids is 1. The van der Waals surface area contributed by atoms with Crippen molar-refractivity contribution in [3.05, 3.63) is 29.8 Å². The van der Waals surface area contributed by atoms with Crippen molar-refractivity contribution in [3.8, 4) is 5.75 Å². The van der Waals surface area contributed by atoms with Crippen LogP contribution in [0.15, 0.2) is 24.3 Å². The Kier molecular flexibility index (Phi) is 12.7. The Balaban J connectivity index is 3.00. The summed E-state index contributed by atoms with van der Waals surface area (Å²) in [7, 11) is 0. The van der Waals surface area contributed by atoms with E-state index < -0.39 is 72.0 Å². The van der Waals surface area contributed by atoms with Gasteiger partial charge in [-0.15, -0.1) is 0 Å². The molecule has 14 heteroatoms. The minimum atomic E-state index is -1.46. The Morgan fingerprint density at radius 1 is 0.868 bits per heavy atom. The molecule has 0 fully saturated rings. The Morgan fingerprint density at radius 2 is 1.45 bits per heavy atom. The van der Waals surface area contributed by atoms with Crippen LogP contribution in [-0.2, 0) is 35.2 Å². The van der Waals surface area contributed by atoms with Crippen LogP contribution < -0.4 is 33.2 Å². The largest absolute Gasteiger partial charge is 0.508 e. The van der Waals surface area contributed by atoms with Gasteiger partial charge in [-0.2, -0.15) is 0 Å². The number of nitrogens with two attached hydrogens (primary N) is 3. The van der Waals surface area contributed by atoms with Gasteiger partial charge in [0.1, 0.15) is 23.9 Å². The summed E-state index contributed by atoms with van der Waals surface area (Å²) in [5.74, 6) is -5.99. The number of aromatic hydroxyl groups is 1. The van der Waals surface area contributed by atoms with E-state index in [4.69, 9.17) is 17.2 Å². The number of carboxylic acids is 1. The SMILES string of the molecule is CCC(C)C(NC(=O)C(CC(N)=O)NC(=O)C(N)Cc1ccc(O)cc1)C(=O)NC(CCC(N)=O)C(=O)O. The van der Waals surface area contributed by atoms with Gasteiger partial charge in [0.15, 0.2) is 0 Å². The van der Waals surface area contributed by atoms with Crippen LogP contribution in [0.25, 0.3) is 0 Å². The van der Waals surface area contributed by atoms with E-state index >= 15 is 0 Å². The molecule has 0 aromatic heterocycles. The minimum Gasteiger partial charge on any atom is -0.508 e. The van der Waals surface area contributed by atoms with E-state index in [-0.39, 0.29) is 25.0 Å². The monoisotopic (exact) mass is 536 g/mol. The van der Waals surface area contributed by atoms with Gasteiger partial charge in [-0.05, 0) is 36.5 Å². The number of rotatable bonds is 16. The average molecular weight is 537 g/mol. The van der Waals surface area contributed by atoms with E-state index in [0.29, 0.717) is 12.0 Å². The summed E-state index contributed by atoms with van der Waals surface area (Å²) in [6.07, 6.45) is -0.654. The molecular formula is C24H36N6O8. The molecule has 210 valence electrons. The summed E-state index contributed by atoms with van der Waals surface area (Å²) >= 11 is 0. The summed E-state index contributed by atoms with van der Waals surface area (Å²) < 4.78 is 0. The van der Waals surface area contributed by atoms with Crippen molar-refractivity contribution < 1.29 is 39.0 Å². The van der Waals surface area contributed by atoms with E-state index in [9.17, 15) is 39.0 Å². The third-order valence-corrected chi connectivity index (χ3v) is 5.85. The number of hydrogen-bond donors (Lipinski definition) is 8. The zero-order valence-electron chi connectivity index (χ0n) is 21.3. The lowest BCUT2D eigenvalue weighted by Gasteiger charge is -2.27. The summed E-state index contributed by atoms with van der Waals surface area (Å²) in [4.78, 5) is 72.8. The minimum absolute atomic E-state index is 0.0346. The maximum absolute atomic E-state index is 13.0. The number of benzene rings is 1. The van der Waals surface area contributed by atoms with Crippen LogP contribution in [0.5, 0.6) is 5.75 Å². The van der Waals surface area contributed by atoms with Crippen LogP contribution in [0, 0.1) is 5.92 Å².